The van der Waals surface area contributed by atoms with Crippen molar-refractivity contribution in [2.45, 2.75) is 18.9 Å². The number of rotatable bonds is 2. The van der Waals surface area contributed by atoms with Gasteiger partial charge in [0.15, 0.2) is 9.84 Å². The summed E-state index contributed by atoms with van der Waals surface area (Å²) in [5.74, 6) is -0.184. The molecule has 1 aliphatic rings. The molecule has 0 bridgehead atoms. The summed E-state index contributed by atoms with van der Waals surface area (Å²) in [6.45, 7) is 1.75. The second-order valence-corrected chi connectivity index (χ2v) is 7.85. The van der Waals surface area contributed by atoms with Gasteiger partial charge >= 0.3 is 0 Å². The lowest BCUT2D eigenvalue weighted by Gasteiger charge is -2.23. The van der Waals surface area contributed by atoms with E-state index in [0.29, 0.717) is 16.5 Å². The Balaban J connectivity index is 2.13. The minimum Gasteiger partial charge on any atom is -0.346 e. The Kier molecular flexibility index (Phi) is 3.46. The first kappa shape index (κ1) is 13.5. The van der Waals surface area contributed by atoms with Gasteiger partial charge in [-0.3, -0.25) is 9.78 Å². The van der Waals surface area contributed by atoms with Crippen molar-refractivity contribution in [3.05, 3.63) is 28.5 Å². The molecule has 0 radical (unpaired) electrons. The summed E-state index contributed by atoms with van der Waals surface area (Å²) in [7, 11) is -3.03. The Bertz CT molecular complexity index is 588. The Hall–Kier alpha value is -0.950. The number of pyridine rings is 1. The van der Waals surface area contributed by atoms with Crippen LogP contribution in [0.2, 0.25) is 0 Å². The summed E-state index contributed by atoms with van der Waals surface area (Å²) in [5, 5.41) is 2.78. The first-order valence-electron chi connectivity index (χ1n) is 5.43. The van der Waals surface area contributed by atoms with Gasteiger partial charge in [-0.15, -0.1) is 0 Å². The zero-order chi connectivity index (χ0) is 13.4. The van der Waals surface area contributed by atoms with E-state index in [1.54, 1.807) is 19.2 Å². The van der Waals surface area contributed by atoms with Crippen LogP contribution in [0, 0.1) is 0 Å². The first-order chi connectivity index (χ1) is 8.30. The molecule has 1 unspecified atom stereocenters. The molecule has 1 atom stereocenters. The van der Waals surface area contributed by atoms with Crippen molar-refractivity contribution in [1.82, 2.24) is 10.3 Å². The summed E-state index contributed by atoms with van der Waals surface area (Å²) in [4.78, 5) is 15.9. The predicted molar refractivity (Wildman–Crippen MR) is 71.1 cm³/mol. The molecule has 1 fully saturated rings. The summed E-state index contributed by atoms with van der Waals surface area (Å²) >= 11 is 3.24. The number of halogens is 1. The Morgan fingerprint density at radius 2 is 2.22 bits per heavy atom. The van der Waals surface area contributed by atoms with E-state index < -0.39 is 15.4 Å². The zero-order valence-electron chi connectivity index (χ0n) is 9.81. The second kappa shape index (κ2) is 4.62. The van der Waals surface area contributed by atoms with Gasteiger partial charge in [-0.1, -0.05) is 0 Å². The van der Waals surface area contributed by atoms with Gasteiger partial charge in [-0.05, 0) is 35.3 Å². The molecule has 0 aliphatic carbocycles. The van der Waals surface area contributed by atoms with Crippen LogP contribution in [0.4, 0.5) is 0 Å². The zero-order valence-corrected chi connectivity index (χ0v) is 12.2. The molecule has 1 saturated heterocycles. The molecule has 98 valence electrons. The molecule has 5 nitrogen and oxygen atoms in total. The normalized spacial score (nSPS) is 25.9. The van der Waals surface area contributed by atoms with Crippen LogP contribution in [0.5, 0.6) is 0 Å². The Labute approximate surface area is 114 Å². The third kappa shape index (κ3) is 3.08. The van der Waals surface area contributed by atoms with Crippen LogP contribution < -0.4 is 5.32 Å². The standard InChI is InChI=1S/C11H13BrN2O3S/c1-11(2-3-18(16,17)7-11)14-10(15)8-4-9(12)6-13-5-8/h4-6H,2-3,7H2,1H3,(H,14,15). The van der Waals surface area contributed by atoms with E-state index in [4.69, 9.17) is 0 Å². The van der Waals surface area contributed by atoms with Gasteiger partial charge in [0.2, 0.25) is 0 Å². The van der Waals surface area contributed by atoms with Crippen LogP contribution in [-0.4, -0.2) is 36.4 Å². The van der Waals surface area contributed by atoms with Crippen LogP contribution in [0.1, 0.15) is 23.7 Å². The van der Waals surface area contributed by atoms with Crippen LogP contribution in [0.3, 0.4) is 0 Å². The molecule has 1 amide bonds. The average Bonchev–Trinajstić information content (AvgIpc) is 2.52. The number of sulfone groups is 1. The highest BCUT2D eigenvalue weighted by molar-refractivity contribution is 9.10. The number of nitrogens with zero attached hydrogens (tertiary/aromatic N) is 1. The Morgan fingerprint density at radius 3 is 2.78 bits per heavy atom. The van der Waals surface area contributed by atoms with Gasteiger partial charge in [0.05, 0.1) is 22.6 Å². The summed E-state index contributed by atoms with van der Waals surface area (Å²) in [6.07, 6.45) is 3.48. The quantitative estimate of drug-likeness (QED) is 0.881. The number of amides is 1. The maximum Gasteiger partial charge on any atom is 0.253 e. The van der Waals surface area contributed by atoms with E-state index in [1.807, 2.05) is 0 Å². The molecule has 0 spiro atoms. The number of aromatic nitrogens is 1. The molecule has 18 heavy (non-hydrogen) atoms. The van der Waals surface area contributed by atoms with Crippen LogP contribution >= 0.6 is 15.9 Å². The topological polar surface area (TPSA) is 76.1 Å². The van der Waals surface area contributed by atoms with Gasteiger partial charge in [0, 0.05) is 16.9 Å². The Morgan fingerprint density at radius 1 is 1.50 bits per heavy atom. The van der Waals surface area contributed by atoms with E-state index in [1.165, 1.54) is 6.20 Å². The van der Waals surface area contributed by atoms with Gasteiger partial charge in [-0.25, -0.2) is 8.42 Å². The number of hydrogen-bond acceptors (Lipinski definition) is 4. The highest BCUT2D eigenvalue weighted by Crippen LogP contribution is 2.23. The average molecular weight is 333 g/mol. The molecule has 1 aromatic heterocycles. The van der Waals surface area contributed by atoms with Crippen molar-refractivity contribution < 1.29 is 13.2 Å². The summed E-state index contributed by atoms with van der Waals surface area (Å²) in [6, 6.07) is 1.65. The number of nitrogens with one attached hydrogen (secondary N) is 1. The second-order valence-electron chi connectivity index (χ2n) is 4.75. The molecule has 7 heteroatoms. The lowest BCUT2D eigenvalue weighted by Crippen LogP contribution is -2.46. The van der Waals surface area contributed by atoms with E-state index in [2.05, 4.69) is 26.2 Å². The predicted octanol–water partition coefficient (Wildman–Crippen LogP) is 1.15. The SMILES string of the molecule is CC1(NC(=O)c2cncc(Br)c2)CCS(=O)(=O)C1. The molecule has 0 aromatic carbocycles. The molecule has 2 rings (SSSR count). The lowest BCUT2D eigenvalue weighted by molar-refractivity contribution is 0.0915. The lowest BCUT2D eigenvalue weighted by atomic mass is 10.0. The molecule has 1 aromatic rings. The summed E-state index contributed by atoms with van der Waals surface area (Å²) in [5.41, 5.74) is -0.270. The molecule has 1 N–H and O–H groups in total. The molecule has 0 saturated carbocycles. The van der Waals surface area contributed by atoms with Crippen molar-refractivity contribution >= 4 is 31.7 Å². The molecular weight excluding hydrogens is 320 g/mol. The number of carbonyl (C=O) groups excluding carboxylic acids is 1. The third-order valence-corrected chi connectivity index (χ3v) is 5.22. The minimum absolute atomic E-state index is 0.00677. The van der Waals surface area contributed by atoms with Gasteiger partial charge in [0.1, 0.15) is 0 Å². The minimum atomic E-state index is -3.03. The van der Waals surface area contributed by atoms with E-state index in [9.17, 15) is 13.2 Å². The van der Waals surface area contributed by atoms with Gasteiger partial charge in [-0.2, -0.15) is 0 Å². The monoisotopic (exact) mass is 332 g/mol. The third-order valence-electron chi connectivity index (χ3n) is 2.89. The van der Waals surface area contributed by atoms with Crippen molar-refractivity contribution in [2.75, 3.05) is 11.5 Å². The van der Waals surface area contributed by atoms with Crippen LogP contribution in [0.15, 0.2) is 22.9 Å². The summed E-state index contributed by atoms with van der Waals surface area (Å²) < 4.78 is 23.6. The van der Waals surface area contributed by atoms with E-state index in [-0.39, 0.29) is 17.4 Å². The first-order valence-corrected chi connectivity index (χ1v) is 8.05. The van der Waals surface area contributed by atoms with Crippen molar-refractivity contribution in [2.24, 2.45) is 0 Å². The largest absolute Gasteiger partial charge is 0.346 e. The highest BCUT2D eigenvalue weighted by Gasteiger charge is 2.39. The van der Waals surface area contributed by atoms with Crippen molar-refractivity contribution in [1.29, 1.82) is 0 Å². The molecular formula is C11H13BrN2O3S. The maximum atomic E-state index is 12.0. The number of carbonyl (C=O) groups is 1. The fourth-order valence-electron chi connectivity index (χ4n) is 1.99. The fourth-order valence-corrected chi connectivity index (χ4v) is 4.45. The fraction of sp³-hybridized carbons (Fsp3) is 0.455. The smallest absolute Gasteiger partial charge is 0.253 e. The van der Waals surface area contributed by atoms with Crippen LogP contribution in [0.25, 0.3) is 0 Å². The molecule has 2 heterocycles. The van der Waals surface area contributed by atoms with Crippen molar-refractivity contribution in [3.63, 3.8) is 0 Å². The van der Waals surface area contributed by atoms with Gasteiger partial charge < -0.3 is 5.32 Å². The van der Waals surface area contributed by atoms with E-state index >= 15 is 0 Å². The van der Waals surface area contributed by atoms with Gasteiger partial charge in [0.25, 0.3) is 5.91 Å². The van der Waals surface area contributed by atoms with E-state index in [0.717, 1.165) is 0 Å². The number of hydrogen-bond donors (Lipinski definition) is 1. The van der Waals surface area contributed by atoms with Crippen molar-refractivity contribution in [3.8, 4) is 0 Å². The molecule has 1 aliphatic heterocycles. The highest BCUT2D eigenvalue weighted by atomic mass is 79.9. The van der Waals surface area contributed by atoms with Crippen LogP contribution in [-0.2, 0) is 9.84 Å². The maximum absolute atomic E-state index is 12.0.